The summed E-state index contributed by atoms with van der Waals surface area (Å²) in [4.78, 5) is 0. The second-order valence-electron chi connectivity index (χ2n) is 3.53. The first-order valence-corrected chi connectivity index (χ1v) is 4.93. The summed E-state index contributed by atoms with van der Waals surface area (Å²) in [6.07, 6.45) is 1.87. The van der Waals surface area contributed by atoms with Crippen LogP contribution >= 0.6 is 0 Å². The monoisotopic (exact) mass is 194 g/mol. The molecule has 0 aromatic heterocycles. The molecular weight excluding hydrogens is 184 g/mol. The van der Waals surface area contributed by atoms with Gasteiger partial charge < -0.3 is 4.74 Å². The molecule has 0 radical (unpaired) electrons. The summed E-state index contributed by atoms with van der Waals surface area (Å²) in [7, 11) is 0. The number of hydrogen-bond acceptors (Lipinski definition) is 1. The van der Waals surface area contributed by atoms with Gasteiger partial charge in [-0.05, 0) is 17.2 Å². The molecule has 3 rings (SSSR count). The quantitative estimate of drug-likeness (QED) is 0.559. The van der Waals surface area contributed by atoms with Crippen molar-refractivity contribution >= 4 is 6.08 Å². The number of rotatable bonds is 2. The van der Waals surface area contributed by atoms with E-state index in [0.29, 0.717) is 0 Å². The summed E-state index contributed by atoms with van der Waals surface area (Å²) in [6, 6.07) is 14.3. The Balaban J connectivity index is 2.25. The number of ether oxygens (including phenoxy) is 1. The van der Waals surface area contributed by atoms with Gasteiger partial charge in [0.25, 0.3) is 0 Å². The third kappa shape index (κ3) is 1.24. The summed E-state index contributed by atoms with van der Waals surface area (Å²) < 4.78 is 5.42. The van der Waals surface area contributed by atoms with Gasteiger partial charge in [-0.3, -0.25) is 0 Å². The van der Waals surface area contributed by atoms with E-state index in [2.05, 4.69) is 18.7 Å². The Kier molecular flexibility index (Phi) is 1.65. The summed E-state index contributed by atoms with van der Waals surface area (Å²) in [5.74, 6) is 1.98. The average molecular weight is 194 g/mol. The van der Waals surface area contributed by atoms with Gasteiger partial charge >= 0.3 is 0 Å². The maximum absolute atomic E-state index is 5.42. The Bertz CT molecular complexity index is 527. The molecule has 2 aromatic carbocycles. The van der Waals surface area contributed by atoms with Gasteiger partial charge in [0, 0.05) is 5.56 Å². The van der Waals surface area contributed by atoms with E-state index in [1.807, 2.05) is 36.4 Å². The van der Waals surface area contributed by atoms with Crippen molar-refractivity contribution in [1.82, 2.24) is 0 Å². The summed E-state index contributed by atoms with van der Waals surface area (Å²) in [5, 5.41) is 0. The minimum absolute atomic E-state index is 0.986. The van der Waals surface area contributed by atoms with Crippen molar-refractivity contribution in [3.63, 3.8) is 0 Å². The summed E-state index contributed by atoms with van der Waals surface area (Å²) in [5.41, 5.74) is 3.46. The Morgan fingerprint density at radius 1 is 1.00 bits per heavy atom. The molecule has 1 nitrogen and oxygen atoms in total. The molecule has 15 heavy (non-hydrogen) atoms. The van der Waals surface area contributed by atoms with Crippen LogP contribution in [-0.2, 0) is 0 Å². The summed E-state index contributed by atoms with van der Waals surface area (Å²) in [6.45, 7) is 3.83. The van der Waals surface area contributed by atoms with E-state index in [0.717, 1.165) is 22.6 Å². The van der Waals surface area contributed by atoms with E-state index in [1.165, 1.54) is 5.56 Å². The van der Waals surface area contributed by atoms with Gasteiger partial charge in [-0.15, -0.1) is 0 Å². The lowest BCUT2D eigenvalue weighted by Crippen LogP contribution is -1.78. The Morgan fingerprint density at radius 3 is 2.53 bits per heavy atom. The first-order chi connectivity index (χ1) is 7.40. The number of fused-ring (bicyclic) bond motifs is 1. The van der Waals surface area contributed by atoms with Crippen LogP contribution in [0.5, 0.6) is 11.5 Å². The second kappa shape index (κ2) is 2.99. The molecule has 0 bridgehead atoms. The first-order valence-electron chi connectivity index (χ1n) is 4.93. The lowest BCUT2D eigenvalue weighted by Gasteiger charge is -2.02. The van der Waals surface area contributed by atoms with Gasteiger partial charge in [-0.1, -0.05) is 49.1 Å². The molecule has 72 valence electrons. The smallest absolute Gasteiger partial charge is 0.178 e. The molecule has 0 unspecified atom stereocenters. The van der Waals surface area contributed by atoms with E-state index in [1.54, 1.807) is 0 Å². The molecule has 0 N–H and O–H groups in total. The Labute approximate surface area is 88.6 Å². The summed E-state index contributed by atoms with van der Waals surface area (Å²) >= 11 is 0. The van der Waals surface area contributed by atoms with E-state index in [4.69, 9.17) is 4.74 Å². The highest BCUT2D eigenvalue weighted by atomic mass is 16.6. The van der Waals surface area contributed by atoms with Gasteiger partial charge in [0.2, 0.25) is 0 Å². The standard InChI is InChI=1S/C14H10O/c1-2-10-8-9-12-14(15-12)13(10)11-6-4-3-5-7-11/h2-9H,1H2. The van der Waals surface area contributed by atoms with Crippen molar-refractivity contribution in [2.24, 2.45) is 0 Å². The molecule has 1 heteroatoms. The highest BCUT2D eigenvalue weighted by molar-refractivity contribution is 5.86. The van der Waals surface area contributed by atoms with E-state index in [-0.39, 0.29) is 0 Å². The van der Waals surface area contributed by atoms with Crippen LogP contribution in [0.25, 0.3) is 17.2 Å². The molecule has 0 aliphatic carbocycles. The lowest BCUT2D eigenvalue weighted by atomic mass is 10.00. The van der Waals surface area contributed by atoms with Crippen LogP contribution in [0.1, 0.15) is 5.56 Å². The third-order valence-electron chi connectivity index (χ3n) is 2.61. The minimum atomic E-state index is 0.986. The topological polar surface area (TPSA) is 12.5 Å². The van der Waals surface area contributed by atoms with Crippen LogP contribution in [0.2, 0.25) is 0 Å². The predicted molar refractivity (Wildman–Crippen MR) is 62.0 cm³/mol. The van der Waals surface area contributed by atoms with E-state index < -0.39 is 0 Å². The molecular formula is C14H10O. The highest BCUT2D eigenvalue weighted by Gasteiger charge is 2.26. The molecule has 2 aromatic rings. The lowest BCUT2D eigenvalue weighted by molar-refractivity contribution is 0.651. The fraction of sp³-hybridized carbons (Fsp3) is 0. The van der Waals surface area contributed by atoms with E-state index in [9.17, 15) is 0 Å². The van der Waals surface area contributed by atoms with Crippen molar-refractivity contribution in [3.8, 4) is 22.6 Å². The molecule has 0 saturated heterocycles. The maximum atomic E-state index is 5.42. The van der Waals surface area contributed by atoms with E-state index >= 15 is 0 Å². The SMILES string of the molecule is C=Cc1ccc2c(c1-c1ccccc1)O2. The van der Waals surface area contributed by atoms with Crippen molar-refractivity contribution < 1.29 is 4.74 Å². The molecule has 0 atom stereocenters. The third-order valence-corrected chi connectivity index (χ3v) is 2.61. The predicted octanol–water partition coefficient (Wildman–Crippen LogP) is 4.10. The Morgan fingerprint density at radius 2 is 1.80 bits per heavy atom. The molecule has 0 amide bonds. The van der Waals surface area contributed by atoms with Gasteiger partial charge in [0.1, 0.15) is 0 Å². The molecule has 1 aliphatic heterocycles. The fourth-order valence-electron chi connectivity index (χ4n) is 1.82. The van der Waals surface area contributed by atoms with Crippen molar-refractivity contribution in [2.45, 2.75) is 0 Å². The second-order valence-corrected chi connectivity index (χ2v) is 3.53. The Hall–Kier alpha value is -2.02. The maximum Gasteiger partial charge on any atom is 0.178 e. The zero-order valence-corrected chi connectivity index (χ0v) is 8.23. The molecule has 1 aliphatic rings. The van der Waals surface area contributed by atoms with Gasteiger partial charge in [-0.2, -0.15) is 0 Å². The molecule has 0 saturated carbocycles. The van der Waals surface area contributed by atoms with Gasteiger partial charge in [0.15, 0.2) is 11.5 Å². The van der Waals surface area contributed by atoms with Gasteiger partial charge in [-0.25, -0.2) is 0 Å². The molecule has 0 spiro atoms. The van der Waals surface area contributed by atoms with Crippen LogP contribution in [0.3, 0.4) is 0 Å². The number of hydrogen-bond donors (Lipinski definition) is 0. The minimum Gasteiger partial charge on any atom is -0.449 e. The van der Waals surface area contributed by atoms with Crippen LogP contribution in [0, 0.1) is 0 Å². The molecule has 0 fully saturated rings. The first kappa shape index (κ1) is 8.30. The van der Waals surface area contributed by atoms with Crippen molar-refractivity contribution in [3.05, 3.63) is 54.6 Å². The average Bonchev–Trinajstić information content (AvgIpc) is 3.07. The zero-order chi connectivity index (χ0) is 10.3. The largest absolute Gasteiger partial charge is 0.449 e. The molecule has 1 heterocycles. The fourth-order valence-corrected chi connectivity index (χ4v) is 1.82. The zero-order valence-electron chi connectivity index (χ0n) is 8.23. The van der Waals surface area contributed by atoms with Crippen molar-refractivity contribution in [1.29, 1.82) is 0 Å². The van der Waals surface area contributed by atoms with Gasteiger partial charge in [0.05, 0.1) is 0 Å². The van der Waals surface area contributed by atoms with Crippen LogP contribution in [0.4, 0.5) is 0 Å². The normalized spacial score (nSPS) is 11.5. The van der Waals surface area contributed by atoms with Crippen molar-refractivity contribution in [2.75, 3.05) is 0 Å². The van der Waals surface area contributed by atoms with Crippen LogP contribution in [0.15, 0.2) is 49.0 Å². The van der Waals surface area contributed by atoms with Crippen LogP contribution < -0.4 is 4.74 Å². The number of benzene rings is 2. The van der Waals surface area contributed by atoms with Crippen LogP contribution in [-0.4, -0.2) is 0 Å². The highest BCUT2D eigenvalue weighted by Crippen LogP contribution is 2.53.